The standard InChI is InChI=1S/C20H20F3N7O/c1-13-12-29(17-15(20(21,22)23)4-3-7-25-17)10-11-30(13)18-26-16(27-19(28-18)31-2)14-5-8-24-9-6-14/h3-9,13H,10-12H2,1-2H3. The maximum atomic E-state index is 13.4. The molecule has 31 heavy (non-hydrogen) atoms. The van der Waals surface area contributed by atoms with Crippen molar-refractivity contribution in [2.75, 3.05) is 36.5 Å². The van der Waals surface area contributed by atoms with Crippen LogP contribution in [0.2, 0.25) is 0 Å². The monoisotopic (exact) mass is 431 g/mol. The van der Waals surface area contributed by atoms with Gasteiger partial charge in [-0.3, -0.25) is 4.98 Å². The Morgan fingerprint density at radius 2 is 1.81 bits per heavy atom. The highest BCUT2D eigenvalue weighted by Gasteiger charge is 2.37. The number of halogens is 3. The van der Waals surface area contributed by atoms with Crippen LogP contribution in [0.15, 0.2) is 42.9 Å². The average Bonchev–Trinajstić information content (AvgIpc) is 2.78. The first-order valence-corrected chi connectivity index (χ1v) is 9.61. The smallest absolute Gasteiger partial charge is 0.419 e. The van der Waals surface area contributed by atoms with Crippen molar-refractivity contribution in [3.05, 3.63) is 48.4 Å². The number of rotatable bonds is 4. The van der Waals surface area contributed by atoms with Gasteiger partial charge in [0.05, 0.1) is 12.7 Å². The minimum Gasteiger partial charge on any atom is -0.467 e. The van der Waals surface area contributed by atoms with Crippen LogP contribution >= 0.6 is 0 Å². The second kappa shape index (κ2) is 8.32. The summed E-state index contributed by atoms with van der Waals surface area (Å²) in [5, 5.41) is 0. The highest BCUT2D eigenvalue weighted by atomic mass is 19.4. The van der Waals surface area contributed by atoms with E-state index in [9.17, 15) is 13.2 Å². The summed E-state index contributed by atoms with van der Waals surface area (Å²) in [6.45, 7) is 2.99. The van der Waals surface area contributed by atoms with E-state index in [2.05, 4.69) is 24.9 Å². The van der Waals surface area contributed by atoms with Crippen LogP contribution in [-0.4, -0.2) is 57.7 Å². The molecule has 1 unspecified atom stereocenters. The zero-order chi connectivity index (χ0) is 22.0. The lowest BCUT2D eigenvalue weighted by Gasteiger charge is -2.41. The van der Waals surface area contributed by atoms with Gasteiger partial charge in [-0.1, -0.05) is 0 Å². The van der Waals surface area contributed by atoms with E-state index in [1.54, 1.807) is 29.4 Å². The Morgan fingerprint density at radius 3 is 2.48 bits per heavy atom. The van der Waals surface area contributed by atoms with Gasteiger partial charge in [0.1, 0.15) is 5.82 Å². The Morgan fingerprint density at radius 1 is 1.03 bits per heavy atom. The zero-order valence-electron chi connectivity index (χ0n) is 16.9. The number of nitrogens with zero attached hydrogens (tertiary/aromatic N) is 7. The second-order valence-corrected chi connectivity index (χ2v) is 7.04. The maximum Gasteiger partial charge on any atom is 0.419 e. The molecule has 0 aromatic carbocycles. The molecular weight excluding hydrogens is 411 g/mol. The Balaban J connectivity index is 1.61. The van der Waals surface area contributed by atoms with Crippen molar-refractivity contribution in [3.8, 4) is 17.4 Å². The van der Waals surface area contributed by atoms with E-state index in [0.717, 1.165) is 11.6 Å². The van der Waals surface area contributed by atoms with Crippen molar-refractivity contribution in [1.82, 2.24) is 24.9 Å². The largest absolute Gasteiger partial charge is 0.467 e. The number of piperazine rings is 1. The summed E-state index contributed by atoms with van der Waals surface area (Å²) in [6, 6.07) is 5.89. The molecule has 1 aliphatic heterocycles. The molecule has 3 aromatic heterocycles. The Hall–Kier alpha value is -3.50. The molecule has 1 aliphatic rings. The first-order chi connectivity index (χ1) is 14.9. The molecule has 0 radical (unpaired) electrons. The van der Waals surface area contributed by atoms with Crippen LogP contribution in [0.25, 0.3) is 11.4 Å². The van der Waals surface area contributed by atoms with E-state index < -0.39 is 11.7 Å². The third-order valence-corrected chi connectivity index (χ3v) is 5.00. The quantitative estimate of drug-likeness (QED) is 0.624. The fraction of sp³-hybridized carbons (Fsp3) is 0.350. The first-order valence-electron chi connectivity index (χ1n) is 9.61. The molecule has 11 heteroatoms. The van der Waals surface area contributed by atoms with E-state index >= 15 is 0 Å². The van der Waals surface area contributed by atoms with Crippen molar-refractivity contribution < 1.29 is 17.9 Å². The highest BCUT2D eigenvalue weighted by molar-refractivity contribution is 5.56. The summed E-state index contributed by atoms with van der Waals surface area (Å²) >= 11 is 0. The van der Waals surface area contributed by atoms with Crippen molar-refractivity contribution in [3.63, 3.8) is 0 Å². The van der Waals surface area contributed by atoms with E-state index in [1.165, 1.54) is 19.4 Å². The number of aromatic nitrogens is 5. The number of hydrogen-bond acceptors (Lipinski definition) is 8. The Labute approximate surface area is 176 Å². The number of hydrogen-bond donors (Lipinski definition) is 0. The SMILES string of the molecule is COc1nc(-c2ccncc2)nc(N2CCN(c3ncccc3C(F)(F)F)CC2C)n1. The molecule has 0 saturated carbocycles. The first kappa shape index (κ1) is 20.8. The van der Waals surface area contributed by atoms with Crippen LogP contribution in [0.1, 0.15) is 12.5 Å². The molecule has 162 valence electrons. The topological polar surface area (TPSA) is 80.2 Å². The number of alkyl halides is 3. The molecule has 4 rings (SSSR count). The van der Waals surface area contributed by atoms with Gasteiger partial charge in [-0.05, 0) is 31.2 Å². The van der Waals surface area contributed by atoms with Gasteiger partial charge in [0.2, 0.25) is 5.95 Å². The Kier molecular flexibility index (Phi) is 5.57. The van der Waals surface area contributed by atoms with Gasteiger partial charge in [0, 0.05) is 49.8 Å². The van der Waals surface area contributed by atoms with Gasteiger partial charge in [-0.15, -0.1) is 0 Å². The molecule has 1 saturated heterocycles. The summed E-state index contributed by atoms with van der Waals surface area (Å²) in [5.41, 5.74) is 0.0176. The molecule has 3 aromatic rings. The van der Waals surface area contributed by atoms with Crippen LogP contribution in [-0.2, 0) is 6.18 Å². The van der Waals surface area contributed by atoms with Crippen molar-refractivity contribution in [2.45, 2.75) is 19.1 Å². The molecular formula is C20H20F3N7O. The lowest BCUT2D eigenvalue weighted by molar-refractivity contribution is -0.137. The van der Waals surface area contributed by atoms with Gasteiger partial charge in [0.25, 0.3) is 0 Å². The number of ether oxygens (including phenoxy) is 1. The van der Waals surface area contributed by atoms with Crippen LogP contribution in [0.3, 0.4) is 0 Å². The van der Waals surface area contributed by atoms with E-state index in [-0.39, 0.29) is 17.9 Å². The number of methoxy groups -OCH3 is 1. The fourth-order valence-electron chi connectivity index (χ4n) is 3.51. The van der Waals surface area contributed by atoms with E-state index in [1.807, 2.05) is 11.8 Å². The summed E-state index contributed by atoms with van der Waals surface area (Å²) in [5.74, 6) is 0.776. The van der Waals surface area contributed by atoms with Crippen LogP contribution < -0.4 is 14.5 Å². The van der Waals surface area contributed by atoms with Crippen molar-refractivity contribution in [1.29, 1.82) is 0 Å². The van der Waals surface area contributed by atoms with Gasteiger partial charge in [-0.2, -0.15) is 28.1 Å². The van der Waals surface area contributed by atoms with Crippen LogP contribution in [0, 0.1) is 0 Å². The van der Waals surface area contributed by atoms with Crippen LogP contribution in [0.4, 0.5) is 24.9 Å². The third kappa shape index (κ3) is 4.35. The van der Waals surface area contributed by atoms with Crippen molar-refractivity contribution >= 4 is 11.8 Å². The summed E-state index contributed by atoms with van der Waals surface area (Å²) in [4.78, 5) is 24.8. The normalized spacial score (nSPS) is 17.0. The molecule has 0 N–H and O–H groups in total. The molecule has 0 amide bonds. The Bertz CT molecular complexity index is 1050. The van der Waals surface area contributed by atoms with Gasteiger partial charge >= 0.3 is 12.2 Å². The zero-order valence-corrected chi connectivity index (χ0v) is 16.9. The number of anilines is 2. The molecule has 1 fully saturated rings. The molecule has 1 atom stereocenters. The molecule has 0 bridgehead atoms. The second-order valence-electron chi connectivity index (χ2n) is 7.04. The van der Waals surface area contributed by atoms with Gasteiger partial charge in [0.15, 0.2) is 5.82 Å². The lowest BCUT2D eigenvalue weighted by atomic mass is 10.1. The minimum atomic E-state index is -4.47. The van der Waals surface area contributed by atoms with Gasteiger partial charge in [-0.25, -0.2) is 4.98 Å². The molecule has 4 heterocycles. The molecule has 8 nitrogen and oxygen atoms in total. The summed E-state index contributed by atoms with van der Waals surface area (Å²) < 4.78 is 45.5. The highest BCUT2D eigenvalue weighted by Crippen LogP contribution is 2.36. The van der Waals surface area contributed by atoms with E-state index in [4.69, 9.17) is 4.74 Å². The summed E-state index contributed by atoms with van der Waals surface area (Å²) in [6.07, 6.45) is 0.181. The van der Waals surface area contributed by atoms with Crippen molar-refractivity contribution in [2.24, 2.45) is 0 Å². The molecule has 0 aliphatic carbocycles. The number of pyridine rings is 2. The molecule has 0 spiro atoms. The minimum absolute atomic E-state index is 0.0628. The summed E-state index contributed by atoms with van der Waals surface area (Å²) in [7, 11) is 1.47. The van der Waals surface area contributed by atoms with Crippen LogP contribution in [0.5, 0.6) is 6.01 Å². The fourth-order valence-corrected chi connectivity index (χ4v) is 3.51. The predicted octanol–water partition coefficient (Wildman–Crippen LogP) is 3.07. The lowest BCUT2D eigenvalue weighted by Crippen LogP contribution is -2.53. The average molecular weight is 431 g/mol. The maximum absolute atomic E-state index is 13.4. The third-order valence-electron chi connectivity index (χ3n) is 5.00. The predicted molar refractivity (Wildman–Crippen MR) is 108 cm³/mol. The van der Waals surface area contributed by atoms with E-state index in [0.29, 0.717) is 31.4 Å². The van der Waals surface area contributed by atoms with Gasteiger partial charge < -0.3 is 14.5 Å².